The normalized spacial score (nSPS) is 15.0. The molecular formula is C14H23N3O. The Balaban J connectivity index is 2.03. The second kappa shape index (κ2) is 6.81. The van der Waals surface area contributed by atoms with E-state index in [1.807, 2.05) is 6.20 Å². The van der Waals surface area contributed by atoms with Crippen LogP contribution in [0.5, 0.6) is 0 Å². The minimum atomic E-state index is 0.537. The molecule has 1 fully saturated rings. The molecule has 0 saturated heterocycles. The Kier molecular flexibility index (Phi) is 5.08. The van der Waals surface area contributed by atoms with Gasteiger partial charge in [0.05, 0.1) is 5.69 Å². The summed E-state index contributed by atoms with van der Waals surface area (Å²) >= 11 is 0. The summed E-state index contributed by atoms with van der Waals surface area (Å²) in [6, 6.07) is 0. The largest absolute Gasteiger partial charge is 0.373 e. The zero-order valence-corrected chi connectivity index (χ0v) is 11.4. The van der Waals surface area contributed by atoms with Crippen molar-refractivity contribution in [2.24, 2.45) is 0 Å². The molecule has 2 rings (SSSR count). The molecule has 1 aliphatic rings. The molecule has 0 atom stereocenters. The molecule has 1 heterocycles. The van der Waals surface area contributed by atoms with E-state index in [2.05, 4.69) is 29.1 Å². The van der Waals surface area contributed by atoms with E-state index in [0.29, 0.717) is 12.5 Å². The van der Waals surface area contributed by atoms with Gasteiger partial charge < -0.3 is 10.1 Å². The van der Waals surface area contributed by atoms with Crippen molar-refractivity contribution in [1.82, 2.24) is 15.3 Å². The van der Waals surface area contributed by atoms with E-state index in [4.69, 9.17) is 4.74 Å². The highest BCUT2D eigenvalue weighted by atomic mass is 16.5. The summed E-state index contributed by atoms with van der Waals surface area (Å²) in [6.45, 7) is 7.39. The van der Waals surface area contributed by atoms with Gasteiger partial charge in [0.15, 0.2) is 5.82 Å². The fraction of sp³-hybridized carbons (Fsp3) is 0.714. The van der Waals surface area contributed by atoms with Crippen molar-refractivity contribution in [3.05, 3.63) is 23.3 Å². The molecule has 0 radical (unpaired) electrons. The lowest BCUT2D eigenvalue weighted by Gasteiger charge is -2.10. The van der Waals surface area contributed by atoms with Crippen LogP contribution in [0.3, 0.4) is 0 Å². The van der Waals surface area contributed by atoms with E-state index < -0.39 is 0 Å². The minimum Gasteiger partial charge on any atom is -0.373 e. The van der Waals surface area contributed by atoms with Gasteiger partial charge in [-0.15, -0.1) is 0 Å². The Hall–Kier alpha value is -1.00. The fourth-order valence-corrected chi connectivity index (χ4v) is 1.94. The molecule has 0 amide bonds. The summed E-state index contributed by atoms with van der Waals surface area (Å²) in [4.78, 5) is 9.08. The van der Waals surface area contributed by atoms with Crippen molar-refractivity contribution in [3.63, 3.8) is 0 Å². The maximum atomic E-state index is 5.50. The number of hydrogen-bond donors (Lipinski definition) is 1. The summed E-state index contributed by atoms with van der Waals surface area (Å²) in [5, 5.41) is 3.35. The lowest BCUT2D eigenvalue weighted by atomic mass is 10.1. The van der Waals surface area contributed by atoms with E-state index in [0.717, 1.165) is 31.9 Å². The third-order valence-electron chi connectivity index (χ3n) is 3.06. The monoisotopic (exact) mass is 249 g/mol. The van der Waals surface area contributed by atoms with Crippen LogP contribution >= 0.6 is 0 Å². The Morgan fingerprint density at radius 1 is 1.39 bits per heavy atom. The SMILES string of the molecule is CCCOCc1ncc(CNCC)c(C2CC2)n1. The van der Waals surface area contributed by atoms with Gasteiger partial charge in [0.1, 0.15) is 6.61 Å². The van der Waals surface area contributed by atoms with Gasteiger partial charge in [-0.2, -0.15) is 0 Å². The van der Waals surface area contributed by atoms with E-state index in [1.54, 1.807) is 0 Å². The van der Waals surface area contributed by atoms with Crippen LogP contribution in [-0.2, 0) is 17.9 Å². The standard InChI is InChI=1S/C14H23N3O/c1-3-7-18-10-13-16-9-12(8-15-4-2)14(17-13)11-5-6-11/h9,11,15H,3-8,10H2,1-2H3. The van der Waals surface area contributed by atoms with Gasteiger partial charge in [-0.25, -0.2) is 9.97 Å². The van der Waals surface area contributed by atoms with Crippen molar-refractivity contribution < 1.29 is 4.74 Å². The van der Waals surface area contributed by atoms with Gasteiger partial charge in [0.25, 0.3) is 0 Å². The molecule has 1 aromatic heterocycles. The topological polar surface area (TPSA) is 47.0 Å². The first-order valence-corrected chi connectivity index (χ1v) is 6.98. The zero-order chi connectivity index (χ0) is 12.8. The predicted octanol–water partition coefficient (Wildman–Crippen LogP) is 2.39. The third kappa shape index (κ3) is 3.75. The second-order valence-electron chi connectivity index (χ2n) is 4.80. The lowest BCUT2D eigenvalue weighted by molar-refractivity contribution is 0.116. The van der Waals surface area contributed by atoms with Crippen LogP contribution in [0, 0.1) is 0 Å². The average molecular weight is 249 g/mol. The van der Waals surface area contributed by atoms with Gasteiger partial charge in [-0.1, -0.05) is 13.8 Å². The number of nitrogens with zero attached hydrogens (tertiary/aromatic N) is 2. The van der Waals surface area contributed by atoms with Gasteiger partial charge in [-0.05, 0) is 25.8 Å². The first kappa shape index (κ1) is 13.4. The molecule has 0 aliphatic heterocycles. The van der Waals surface area contributed by atoms with Crippen molar-refractivity contribution in [1.29, 1.82) is 0 Å². The molecule has 0 bridgehead atoms. The maximum Gasteiger partial charge on any atom is 0.154 e. The van der Waals surface area contributed by atoms with E-state index in [1.165, 1.54) is 24.1 Å². The Bertz CT molecular complexity index is 377. The van der Waals surface area contributed by atoms with Crippen molar-refractivity contribution in [2.75, 3.05) is 13.2 Å². The number of aromatic nitrogens is 2. The van der Waals surface area contributed by atoms with Gasteiger partial charge in [-0.3, -0.25) is 0 Å². The van der Waals surface area contributed by atoms with Crippen molar-refractivity contribution in [3.8, 4) is 0 Å². The molecule has 18 heavy (non-hydrogen) atoms. The molecular weight excluding hydrogens is 226 g/mol. The molecule has 4 heteroatoms. The van der Waals surface area contributed by atoms with Crippen LogP contribution in [0.25, 0.3) is 0 Å². The number of rotatable bonds is 8. The fourth-order valence-electron chi connectivity index (χ4n) is 1.94. The quantitative estimate of drug-likeness (QED) is 0.719. The molecule has 1 N–H and O–H groups in total. The summed E-state index contributed by atoms with van der Waals surface area (Å²) in [5.74, 6) is 1.48. The predicted molar refractivity (Wildman–Crippen MR) is 71.3 cm³/mol. The van der Waals surface area contributed by atoms with Gasteiger partial charge in [0, 0.05) is 30.8 Å². The van der Waals surface area contributed by atoms with Crippen molar-refractivity contribution in [2.45, 2.75) is 52.2 Å². The Morgan fingerprint density at radius 3 is 2.89 bits per heavy atom. The highest BCUT2D eigenvalue weighted by molar-refractivity contribution is 5.25. The van der Waals surface area contributed by atoms with Gasteiger partial charge >= 0.3 is 0 Å². The second-order valence-corrected chi connectivity index (χ2v) is 4.80. The molecule has 1 aliphatic carbocycles. The number of hydrogen-bond acceptors (Lipinski definition) is 4. The van der Waals surface area contributed by atoms with Crippen LogP contribution in [-0.4, -0.2) is 23.1 Å². The highest BCUT2D eigenvalue weighted by Gasteiger charge is 2.28. The maximum absolute atomic E-state index is 5.50. The smallest absolute Gasteiger partial charge is 0.154 e. The summed E-state index contributed by atoms with van der Waals surface area (Å²) < 4.78 is 5.50. The average Bonchev–Trinajstić information content (AvgIpc) is 3.21. The first-order chi connectivity index (χ1) is 8.85. The molecule has 0 spiro atoms. The van der Waals surface area contributed by atoms with Crippen LogP contribution in [0.15, 0.2) is 6.20 Å². The third-order valence-corrected chi connectivity index (χ3v) is 3.06. The van der Waals surface area contributed by atoms with E-state index >= 15 is 0 Å². The van der Waals surface area contributed by atoms with E-state index in [9.17, 15) is 0 Å². The summed E-state index contributed by atoms with van der Waals surface area (Å²) in [5.41, 5.74) is 2.49. The molecule has 0 unspecified atom stereocenters. The van der Waals surface area contributed by atoms with E-state index in [-0.39, 0.29) is 0 Å². The molecule has 1 aromatic rings. The summed E-state index contributed by atoms with van der Waals surface area (Å²) in [6.07, 6.45) is 5.54. The van der Waals surface area contributed by atoms with Crippen LogP contribution in [0.1, 0.15) is 56.1 Å². The zero-order valence-electron chi connectivity index (χ0n) is 11.4. The van der Waals surface area contributed by atoms with Crippen LogP contribution in [0.2, 0.25) is 0 Å². The minimum absolute atomic E-state index is 0.537. The van der Waals surface area contributed by atoms with Gasteiger partial charge in [0.2, 0.25) is 0 Å². The molecule has 4 nitrogen and oxygen atoms in total. The number of nitrogens with one attached hydrogen (secondary N) is 1. The first-order valence-electron chi connectivity index (χ1n) is 6.98. The molecule has 100 valence electrons. The molecule has 1 saturated carbocycles. The van der Waals surface area contributed by atoms with Crippen LogP contribution in [0.4, 0.5) is 0 Å². The van der Waals surface area contributed by atoms with Crippen LogP contribution < -0.4 is 5.32 Å². The Morgan fingerprint density at radius 2 is 2.22 bits per heavy atom. The lowest BCUT2D eigenvalue weighted by Crippen LogP contribution is -2.15. The molecule has 0 aromatic carbocycles. The highest BCUT2D eigenvalue weighted by Crippen LogP contribution is 2.40. The van der Waals surface area contributed by atoms with Crippen molar-refractivity contribution >= 4 is 0 Å². The Labute approximate surface area is 109 Å². The summed E-state index contributed by atoms with van der Waals surface area (Å²) in [7, 11) is 0. The number of ether oxygens (including phenoxy) is 1.